The maximum absolute atomic E-state index is 11.3. The summed E-state index contributed by atoms with van der Waals surface area (Å²) in [4.78, 5) is 21.9. The van der Waals surface area contributed by atoms with Gasteiger partial charge in [0, 0.05) is 18.2 Å². The molecule has 0 atom stereocenters. The Hall–Kier alpha value is -1.82. The van der Waals surface area contributed by atoms with Crippen LogP contribution in [0.15, 0.2) is 28.7 Å². The second kappa shape index (κ2) is 8.37. The summed E-state index contributed by atoms with van der Waals surface area (Å²) in [6, 6.07) is 5.31. The molecule has 6 heteroatoms. The Morgan fingerprint density at radius 1 is 1.45 bits per heavy atom. The molecular weight excluding hydrogens is 326 g/mol. The fourth-order valence-electron chi connectivity index (χ4n) is 1.50. The van der Waals surface area contributed by atoms with Gasteiger partial charge in [0.05, 0.1) is 17.5 Å². The standard InChI is InChI=1S/C14H16BrNO4/c1-2-16-12(17)8-9-20-14-10(6-7-13(18)19)4-3-5-11(14)15/h3-7H,2,8-9H2,1H3,(H,16,17)(H,18,19). The number of carbonyl (C=O) groups is 2. The van der Waals surface area contributed by atoms with Crippen molar-refractivity contribution in [2.75, 3.05) is 13.2 Å². The number of hydrogen-bond donors (Lipinski definition) is 2. The molecule has 1 amide bonds. The van der Waals surface area contributed by atoms with E-state index in [2.05, 4.69) is 21.2 Å². The normalized spacial score (nSPS) is 10.5. The van der Waals surface area contributed by atoms with Crippen molar-refractivity contribution in [3.63, 3.8) is 0 Å². The van der Waals surface area contributed by atoms with Gasteiger partial charge >= 0.3 is 5.97 Å². The Bertz CT molecular complexity index is 514. The number of halogens is 1. The number of amides is 1. The third kappa shape index (κ3) is 5.44. The van der Waals surface area contributed by atoms with Crippen LogP contribution in [0.25, 0.3) is 6.08 Å². The van der Waals surface area contributed by atoms with Crippen LogP contribution in [0.1, 0.15) is 18.9 Å². The van der Waals surface area contributed by atoms with Crippen molar-refractivity contribution in [2.45, 2.75) is 13.3 Å². The van der Waals surface area contributed by atoms with Gasteiger partial charge in [-0.2, -0.15) is 0 Å². The summed E-state index contributed by atoms with van der Waals surface area (Å²) in [7, 11) is 0. The summed E-state index contributed by atoms with van der Waals surface area (Å²) >= 11 is 3.35. The Morgan fingerprint density at radius 3 is 2.85 bits per heavy atom. The number of nitrogens with one attached hydrogen (secondary N) is 1. The second-order valence-electron chi connectivity index (χ2n) is 3.88. The van der Waals surface area contributed by atoms with Crippen LogP contribution >= 0.6 is 15.9 Å². The number of hydrogen-bond acceptors (Lipinski definition) is 3. The monoisotopic (exact) mass is 341 g/mol. The highest BCUT2D eigenvalue weighted by Gasteiger charge is 2.07. The lowest BCUT2D eigenvalue weighted by Gasteiger charge is -2.11. The van der Waals surface area contributed by atoms with E-state index in [1.165, 1.54) is 6.08 Å². The van der Waals surface area contributed by atoms with Crippen molar-refractivity contribution in [3.8, 4) is 5.75 Å². The van der Waals surface area contributed by atoms with Crippen molar-refractivity contribution in [1.29, 1.82) is 0 Å². The highest BCUT2D eigenvalue weighted by Crippen LogP contribution is 2.30. The minimum Gasteiger partial charge on any atom is -0.491 e. The van der Waals surface area contributed by atoms with Gasteiger partial charge in [-0.3, -0.25) is 4.79 Å². The van der Waals surface area contributed by atoms with Crippen LogP contribution in [0.3, 0.4) is 0 Å². The number of carbonyl (C=O) groups excluding carboxylic acids is 1. The van der Waals surface area contributed by atoms with E-state index in [0.717, 1.165) is 6.08 Å². The van der Waals surface area contributed by atoms with Crippen molar-refractivity contribution in [1.82, 2.24) is 5.32 Å². The van der Waals surface area contributed by atoms with Crippen LogP contribution in [-0.4, -0.2) is 30.1 Å². The van der Waals surface area contributed by atoms with E-state index in [0.29, 0.717) is 22.3 Å². The zero-order chi connectivity index (χ0) is 15.0. The van der Waals surface area contributed by atoms with E-state index in [9.17, 15) is 9.59 Å². The number of rotatable bonds is 7. The molecule has 0 heterocycles. The first-order valence-electron chi connectivity index (χ1n) is 6.13. The minimum atomic E-state index is -1.03. The lowest BCUT2D eigenvalue weighted by molar-refractivity contribution is -0.131. The summed E-state index contributed by atoms with van der Waals surface area (Å²) in [5.41, 5.74) is 0.637. The van der Waals surface area contributed by atoms with Gasteiger partial charge in [-0.1, -0.05) is 12.1 Å². The molecule has 0 aliphatic heterocycles. The first-order chi connectivity index (χ1) is 9.54. The minimum absolute atomic E-state index is 0.0813. The van der Waals surface area contributed by atoms with Crippen molar-refractivity contribution in [2.24, 2.45) is 0 Å². The third-order valence-corrected chi connectivity index (χ3v) is 2.98. The molecule has 5 nitrogen and oxygen atoms in total. The molecule has 0 aliphatic carbocycles. The molecule has 1 rings (SSSR count). The summed E-state index contributed by atoms with van der Waals surface area (Å²) in [5, 5.41) is 11.3. The lowest BCUT2D eigenvalue weighted by atomic mass is 10.2. The lowest BCUT2D eigenvalue weighted by Crippen LogP contribution is -2.24. The van der Waals surface area contributed by atoms with Gasteiger partial charge in [0.2, 0.25) is 5.91 Å². The number of aliphatic carboxylic acids is 1. The van der Waals surface area contributed by atoms with Gasteiger partial charge in [-0.25, -0.2) is 4.79 Å². The first-order valence-corrected chi connectivity index (χ1v) is 6.93. The van der Waals surface area contributed by atoms with Crippen LogP contribution in [0.4, 0.5) is 0 Å². The number of carboxylic acid groups (broad SMARTS) is 1. The maximum Gasteiger partial charge on any atom is 0.328 e. The van der Waals surface area contributed by atoms with Gasteiger partial charge in [0.15, 0.2) is 0 Å². The predicted octanol–water partition coefficient (Wildman–Crippen LogP) is 2.45. The number of para-hydroxylation sites is 1. The molecule has 1 aromatic carbocycles. The van der Waals surface area contributed by atoms with Crippen molar-refractivity contribution in [3.05, 3.63) is 34.3 Å². The van der Waals surface area contributed by atoms with Crippen LogP contribution in [0.5, 0.6) is 5.75 Å². The highest BCUT2D eigenvalue weighted by molar-refractivity contribution is 9.10. The van der Waals surface area contributed by atoms with E-state index < -0.39 is 5.97 Å². The summed E-state index contributed by atoms with van der Waals surface area (Å²) in [6.07, 6.45) is 2.74. The van der Waals surface area contributed by atoms with E-state index in [1.54, 1.807) is 18.2 Å². The van der Waals surface area contributed by atoms with Crippen molar-refractivity contribution < 1.29 is 19.4 Å². The molecule has 0 radical (unpaired) electrons. The molecule has 2 N–H and O–H groups in total. The number of benzene rings is 1. The highest BCUT2D eigenvalue weighted by atomic mass is 79.9. The van der Waals surface area contributed by atoms with Gasteiger partial charge in [-0.05, 0) is 35.0 Å². The molecule has 0 bridgehead atoms. The van der Waals surface area contributed by atoms with Crippen LogP contribution < -0.4 is 10.1 Å². The fourth-order valence-corrected chi connectivity index (χ4v) is 2.00. The van der Waals surface area contributed by atoms with E-state index >= 15 is 0 Å². The van der Waals surface area contributed by atoms with Gasteiger partial charge in [0.25, 0.3) is 0 Å². The Kier molecular flexibility index (Phi) is 6.79. The van der Waals surface area contributed by atoms with Crippen LogP contribution in [-0.2, 0) is 9.59 Å². The largest absolute Gasteiger partial charge is 0.491 e. The second-order valence-corrected chi connectivity index (χ2v) is 4.74. The first kappa shape index (κ1) is 16.2. The average molecular weight is 342 g/mol. The molecule has 0 aliphatic rings. The molecule has 1 aromatic rings. The van der Waals surface area contributed by atoms with E-state index in [-0.39, 0.29) is 18.9 Å². The van der Waals surface area contributed by atoms with E-state index in [4.69, 9.17) is 9.84 Å². The maximum atomic E-state index is 11.3. The zero-order valence-corrected chi connectivity index (χ0v) is 12.6. The Labute approximate surface area is 125 Å². The van der Waals surface area contributed by atoms with Crippen LogP contribution in [0, 0.1) is 0 Å². The Balaban J connectivity index is 2.73. The quantitative estimate of drug-likeness (QED) is 0.747. The fraction of sp³-hybridized carbons (Fsp3) is 0.286. The molecule has 108 valence electrons. The average Bonchev–Trinajstić information content (AvgIpc) is 2.39. The predicted molar refractivity (Wildman–Crippen MR) is 79.6 cm³/mol. The van der Waals surface area contributed by atoms with E-state index in [1.807, 2.05) is 6.92 Å². The number of carboxylic acids is 1. The molecule has 20 heavy (non-hydrogen) atoms. The molecular formula is C14H16BrNO4. The molecule has 0 aromatic heterocycles. The summed E-state index contributed by atoms with van der Waals surface area (Å²) < 4.78 is 6.27. The number of ether oxygens (including phenoxy) is 1. The topological polar surface area (TPSA) is 75.6 Å². The third-order valence-electron chi connectivity index (χ3n) is 2.35. The molecule has 0 unspecified atom stereocenters. The molecule has 0 spiro atoms. The summed E-state index contributed by atoms with van der Waals surface area (Å²) in [5.74, 6) is -0.588. The smallest absolute Gasteiger partial charge is 0.328 e. The summed E-state index contributed by atoms with van der Waals surface area (Å²) in [6.45, 7) is 2.66. The zero-order valence-electron chi connectivity index (χ0n) is 11.1. The van der Waals surface area contributed by atoms with Gasteiger partial charge in [0.1, 0.15) is 5.75 Å². The van der Waals surface area contributed by atoms with Gasteiger partial charge < -0.3 is 15.2 Å². The molecule has 0 saturated carbocycles. The molecule has 0 fully saturated rings. The SMILES string of the molecule is CCNC(=O)CCOc1c(Br)cccc1C=CC(=O)O. The van der Waals surface area contributed by atoms with Gasteiger partial charge in [-0.15, -0.1) is 0 Å². The van der Waals surface area contributed by atoms with Crippen LogP contribution in [0.2, 0.25) is 0 Å². The molecule has 0 saturated heterocycles. The van der Waals surface area contributed by atoms with Crippen molar-refractivity contribution >= 4 is 33.9 Å². The Morgan fingerprint density at radius 2 is 2.20 bits per heavy atom.